The molecule has 2 aromatic rings. The summed E-state index contributed by atoms with van der Waals surface area (Å²) in [5.41, 5.74) is 7.67. The van der Waals surface area contributed by atoms with Gasteiger partial charge in [-0.05, 0) is 43.7 Å². The van der Waals surface area contributed by atoms with Crippen LogP contribution < -0.4 is 5.73 Å². The SMILES string of the molecule is CC(C)N(Cc1cccnc1)C(=O)c1cc(N)ccc1Cl. The van der Waals surface area contributed by atoms with Crippen LogP contribution in [0.5, 0.6) is 0 Å². The Morgan fingerprint density at radius 1 is 1.38 bits per heavy atom. The predicted molar refractivity (Wildman–Crippen MR) is 85.1 cm³/mol. The van der Waals surface area contributed by atoms with E-state index in [1.807, 2.05) is 26.0 Å². The molecule has 5 heteroatoms. The van der Waals surface area contributed by atoms with Gasteiger partial charge in [0.25, 0.3) is 5.91 Å². The number of nitrogen functional groups attached to an aromatic ring is 1. The molecule has 0 aliphatic carbocycles. The monoisotopic (exact) mass is 303 g/mol. The number of carbonyl (C=O) groups excluding carboxylic acids is 1. The number of hydrogen-bond acceptors (Lipinski definition) is 3. The van der Waals surface area contributed by atoms with Gasteiger partial charge < -0.3 is 10.6 Å². The molecule has 2 N–H and O–H groups in total. The van der Waals surface area contributed by atoms with Crippen LogP contribution in [0.4, 0.5) is 5.69 Å². The third kappa shape index (κ3) is 3.73. The second-order valence-corrected chi connectivity index (χ2v) is 5.53. The first-order valence-corrected chi connectivity index (χ1v) is 7.11. The summed E-state index contributed by atoms with van der Waals surface area (Å²) in [6.45, 7) is 4.42. The number of nitrogens with two attached hydrogens (primary N) is 1. The third-order valence-corrected chi connectivity index (χ3v) is 3.51. The summed E-state index contributed by atoms with van der Waals surface area (Å²) in [6.07, 6.45) is 3.46. The largest absolute Gasteiger partial charge is 0.399 e. The Labute approximate surface area is 129 Å². The number of rotatable bonds is 4. The number of benzene rings is 1. The highest BCUT2D eigenvalue weighted by Crippen LogP contribution is 2.22. The zero-order valence-corrected chi connectivity index (χ0v) is 12.8. The Balaban J connectivity index is 2.30. The molecule has 110 valence electrons. The lowest BCUT2D eigenvalue weighted by atomic mass is 10.1. The van der Waals surface area contributed by atoms with E-state index in [0.29, 0.717) is 22.8 Å². The van der Waals surface area contributed by atoms with E-state index < -0.39 is 0 Å². The van der Waals surface area contributed by atoms with E-state index in [4.69, 9.17) is 17.3 Å². The maximum Gasteiger partial charge on any atom is 0.255 e. The Hall–Kier alpha value is -2.07. The normalized spacial score (nSPS) is 10.7. The van der Waals surface area contributed by atoms with E-state index in [0.717, 1.165) is 5.56 Å². The van der Waals surface area contributed by atoms with Gasteiger partial charge in [-0.25, -0.2) is 0 Å². The van der Waals surface area contributed by atoms with Crippen LogP contribution in [0, 0.1) is 0 Å². The number of amides is 1. The molecule has 0 radical (unpaired) electrons. The molecule has 0 spiro atoms. The number of pyridine rings is 1. The molecule has 1 heterocycles. The summed E-state index contributed by atoms with van der Waals surface area (Å²) in [5.74, 6) is -0.133. The number of hydrogen-bond donors (Lipinski definition) is 1. The van der Waals surface area contributed by atoms with Gasteiger partial charge >= 0.3 is 0 Å². The molecule has 4 nitrogen and oxygen atoms in total. The summed E-state index contributed by atoms with van der Waals surface area (Å²) in [4.78, 5) is 18.6. The molecule has 2 rings (SSSR count). The van der Waals surface area contributed by atoms with Crippen molar-refractivity contribution in [1.82, 2.24) is 9.88 Å². The molecule has 1 aromatic heterocycles. The molecule has 1 aromatic carbocycles. The van der Waals surface area contributed by atoms with Gasteiger partial charge in [0.1, 0.15) is 0 Å². The van der Waals surface area contributed by atoms with Crippen LogP contribution in [0.25, 0.3) is 0 Å². The van der Waals surface area contributed by atoms with Crippen molar-refractivity contribution >= 4 is 23.2 Å². The lowest BCUT2D eigenvalue weighted by Gasteiger charge is -2.27. The molecule has 0 atom stereocenters. The van der Waals surface area contributed by atoms with Gasteiger partial charge in [-0.2, -0.15) is 0 Å². The number of nitrogens with zero attached hydrogens (tertiary/aromatic N) is 2. The molecule has 0 fully saturated rings. The standard InChI is InChI=1S/C16H18ClN3O/c1-11(2)20(10-12-4-3-7-19-9-12)16(21)14-8-13(18)5-6-15(14)17/h3-9,11H,10,18H2,1-2H3. The van der Waals surface area contributed by atoms with Gasteiger partial charge in [-0.3, -0.25) is 9.78 Å². The second-order valence-electron chi connectivity index (χ2n) is 5.13. The number of carbonyl (C=O) groups is 1. The Morgan fingerprint density at radius 2 is 2.14 bits per heavy atom. The summed E-state index contributed by atoms with van der Waals surface area (Å²) < 4.78 is 0. The van der Waals surface area contributed by atoms with Crippen molar-refractivity contribution in [3.05, 3.63) is 58.9 Å². The lowest BCUT2D eigenvalue weighted by Crippen LogP contribution is -2.36. The number of aromatic nitrogens is 1. The minimum absolute atomic E-state index is 0.0372. The molecule has 0 saturated heterocycles. The van der Waals surface area contributed by atoms with Crippen LogP contribution in [0.3, 0.4) is 0 Å². The summed E-state index contributed by atoms with van der Waals surface area (Å²) >= 11 is 6.13. The zero-order chi connectivity index (χ0) is 15.4. The molecule has 0 bridgehead atoms. The highest BCUT2D eigenvalue weighted by Gasteiger charge is 2.21. The van der Waals surface area contributed by atoms with Crippen molar-refractivity contribution < 1.29 is 4.79 Å². The topological polar surface area (TPSA) is 59.2 Å². The van der Waals surface area contributed by atoms with E-state index in [1.54, 1.807) is 35.5 Å². The summed E-state index contributed by atoms with van der Waals surface area (Å²) in [6, 6.07) is 8.77. The van der Waals surface area contributed by atoms with E-state index in [-0.39, 0.29) is 11.9 Å². The average Bonchev–Trinajstić information content (AvgIpc) is 2.47. The van der Waals surface area contributed by atoms with Crippen molar-refractivity contribution in [3.63, 3.8) is 0 Å². The van der Waals surface area contributed by atoms with Gasteiger partial charge in [0.05, 0.1) is 10.6 Å². The molecule has 0 aliphatic rings. The van der Waals surface area contributed by atoms with Gasteiger partial charge in [0, 0.05) is 30.7 Å². The van der Waals surface area contributed by atoms with Gasteiger partial charge in [-0.15, -0.1) is 0 Å². The second kappa shape index (κ2) is 6.59. The molecule has 1 amide bonds. The first-order valence-electron chi connectivity index (χ1n) is 6.74. The van der Waals surface area contributed by atoms with Crippen molar-refractivity contribution in [3.8, 4) is 0 Å². The van der Waals surface area contributed by atoms with Gasteiger partial charge in [0.2, 0.25) is 0 Å². The van der Waals surface area contributed by atoms with E-state index in [9.17, 15) is 4.79 Å². The first-order chi connectivity index (χ1) is 9.99. The molecule has 0 saturated carbocycles. The lowest BCUT2D eigenvalue weighted by molar-refractivity contribution is 0.0690. The zero-order valence-electron chi connectivity index (χ0n) is 12.1. The van der Waals surface area contributed by atoms with E-state index in [1.165, 1.54) is 0 Å². The van der Waals surface area contributed by atoms with Crippen LogP contribution in [0.2, 0.25) is 5.02 Å². The average molecular weight is 304 g/mol. The smallest absolute Gasteiger partial charge is 0.255 e. The van der Waals surface area contributed by atoms with Crippen molar-refractivity contribution in [1.29, 1.82) is 0 Å². The van der Waals surface area contributed by atoms with Gasteiger partial charge in [-0.1, -0.05) is 17.7 Å². The number of halogens is 1. The Bertz CT molecular complexity index is 629. The molecular formula is C16H18ClN3O. The fraction of sp³-hybridized carbons (Fsp3) is 0.250. The van der Waals surface area contributed by atoms with Crippen LogP contribution in [0.1, 0.15) is 29.8 Å². The van der Waals surface area contributed by atoms with E-state index >= 15 is 0 Å². The first kappa shape index (κ1) is 15.3. The maximum absolute atomic E-state index is 12.7. The highest BCUT2D eigenvalue weighted by molar-refractivity contribution is 6.34. The fourth-order valence-electron chi connectivity index (χ4n) is 2.04. The van der Waals surface area contributed by atoms with Gasteiger partial charge in [0.15, 0.2) is 0 Å². The summed E-state index contributed by atoms with van der Waals surface area (Å²) in [7, 11) is 0. The highest BCUT2D eigenvalue weighted by atomic mass is 35.5. The van der Waals surface area contributed by atoms with Crippen molar-refractivity contribution in [2.75, 3.05) is 5.73 Å². The Morgan fingerprint density at radius 3 is 2.76 bits per heavy atom. The van der Waals surface area contributed by atoms with Crippen LogP contribution in [-0.4, -0.2) is 21.8 Å². The number of anilines is 1. The minimum Gasteiger partial charge on any atom is -0.399 e. The van der Waals surface area contributed by atoms with Crippen LogP contribution in [0.15, 0.2) is 42.7 Å². The van der Waals surface area contributed by atoms with E-state index in [2.05, 4.69) is 4.98 Å². The fourth-order valence-corrected chi connectivity index (χ4v) is 2.24. The minimum atomic E-state index is -0.133. The third-order valence-electron chi connectivity index (χ3n) is 3.18. The maximum atomic E-state index is 12.7. The van der Waals surface area contributed by atoms with Crippen molar-refractivity contribution in [2.24, 2.45) is 0 Å². The molecule has 0 unspecified atom stereocenters. The van der Waals surface area contributed by atoms with Crippen LogP contribution in [-0.2, 0) is 6.54 Å². The molecule has 0 aliphatic heterocycles. The van der Waals surface area contributed by atoms with Crippen molar-refractivity contribution in [2.45, 2.75) is 26.4 Å². The quantitative estimate of drug-likeness (QED) is 0.881. The molecule has 21 heavy (non-hydrogen) atoms. The summed E-state index contributed by atoms with van der Waals surface area (Å²) in [5, 5.41) is 0.408. The predicted octanol–water partition coefficient (Wildman–Crippen LogP) is 3.37. The van der Waals surface area contributed by atoms with Crippen LogP contribution >= 0.6 is 11.6 Å². The Kier molecular flexibility index (Phi) is 4.81. The molecular weight excluding hydrogens is 286 g/mol.